The Labute approximate surface area is 163 Å². The van der Waals surface area contributed by atoms with Crippen LogP contribution in [0.15, 0.2) is 24.4 Å². The minimum absolute atomic E-state index is 0.0235. The molecule has 2 aromatic rings. The highest BCUT2D eigenvalue weighted by molar-refractivity contribution is 5.87. The monoisotopic (exact) mass is 369 g/mol. The summed E-state index contributed by atoms with van der Waals surface area (Å²) in [6.45, 7) is 3.91. The molecule has 3 N–H and O–H groups in total. The van der Waals surface area contributed by atoms with Crippen LogP contribution in [0.25, 0.3) is 10.9 Å². The van der Waals surface area contributed by atoms with Gasteiger partial charge in [0.25, 0.3) is 0 Å². The van der Waals surface area contributed by atoms with E-state index in [4.69, 9.17) is 5.73 Å². The lowest BCUT2D eigenvalue weighted by atomic mass is 10.0. The lowest BCUT2D eigenvalue weighted by Crippen LogP contribution is -2.42. The third-order valence-corrected chi connectivity index (χ3v) is 5.77. The molecule has 1 aliphatic heterocycles. The summed E-state index contributed by atoms with van der Waals surface area (Å²) in [4.78, 5) is 12.4. The first kappa shape index (κ1) is 19.9. The van der Waals surface area contributed by atoms with Gasteiger partial charge in [-0.3, -0.25) is 4.79 Å². The predicted molar refractivity (Wildman–Crippen MR) is 113 cm³/mol. The van der Waals surface area contributed by atoms with E-state index in [1.807, 2.05) is 0 Å². The molecule has 1 aliphatic rings. The molecule has 2 bridgehead atoms. The number of nitrogens with two attached hydrogens (primary N) is 1. The third kappa shape index (κ3) is 5.58. The van der Waals surface area contributed by atoms with Gasteiger partial charge in [0.1, 0.15) is 0 Å². The Morgan fingerprint density at radius 3 is 2.41 bits per heavy atom. The molecule has 1 atom stereocenters. The van der Waals surface area contributed by atoms with Crippen LogP contribution in [0.3, 0.4) is 0 Å². The number of hydrogen-bond donors (Lipinski definition) is 2. The van der Waals surface area contributed by atoms with E-state index in [0.29, 0.717) is 6.42 Å². The first-order valence-electron chi connectivity index (χ1n) is 10.8. The topological polar surface area (TPSA) is 60.0 Å². The number of carbonyl (C=O) groups excluding carboxylic acids is 1. The highest BCUT2D eigenvalue weighted by Crippen LogP contribution is 2.25. The number of aryl methyl sites for hydroxylation is 2. The molecular weight excluding hydrogens is 334 g/mol. The summed E-state index contributed by atoms with van der Waals surface area (Å²) < 4.78 is 2.36. The molecule has 0 fully saturated rings. The van der Waals surface area contributed by atoms with Crippen LogP contribution in [0, 0.1) is 6.92 Å². The zero-order valence-corrected chi connectivity index (χ0v) is 16.8. The van der Waals surface area contributed by atoms with Gasteiger partial charge in [0.2, 0.25) is 5.91 Å². The number of amides is 1. The van der Waals surface area contributed by atoms with Gasteiger partial charge in [-0.15, -0.1) is 0 Å². The Morgan fingerprint density at radius 2 is 1.67 bits per heavy atom. The minimum Gasteiger partial charge on any atom is -0.355 e. The first-order chi connectivity index (χ1) is 13.1. The highest BCUT2D eigenvalue weighted by Gasteiger charge is 2.17. The number of fused-ring (bicyclic) bond motifs is 5. The lowest BCUT2D eigenvalue weighted by Gasteiger charge is -2.12. The number of benzene rings is 1. The molecule has 4 nitrogen and oxygen atoms in total. The molecule has 0 saturated heterocycles. The summed E-state index contributed by atoms with van der Waals surface area (Å²) in [6, 6.07) is 6.13. The molecule has 27 heavy (non-hydrogen) atoms. The highest BCUT2D eigenvalue weighted by atomic mass is 16.2. The van der Waals surface area contributed by atoms with Crippen molar-refractivity contribution in [1.29, 1.82) is 0 Å². The van der Waals surface area contributed by atoms with Gasteiger partial charge in [-0.05, 0) is 43.9 Å². The summed E-state index contributed by atoms with van der Waals surface area (Å²) in [5.74, 6) is -0.0235. The average molecular weight is 370 g/mol. The second kappa shape index (κ2) is 9.93. The number of rotatable bonds is 0. The van der Waals surface area contributed by atoms with Gasteiger partial charge in [-0.1, -0.05) is 56.6 Å². The molecule has 1 aromatic carbocycles. The van der Waals surface area contributed by atoms with Crippen molar-refractivity contribution >= 4 is 16.8 Å². The van der Waals surface area contributed by atoms with E-state index in [1.165, 1.54) is 73.4 Å². The van der Waals surface area contributed by atoms with E-state index < -0.39 is 6.04 Å². The van der Waals surface area contributed by atoms with Gasteiger partial charge in [-0.2, -0.15) is 0 Å². The zero-order valence-electron chi connectivity index (χ0n) is 16.8. The number of hydrogen-bond acceptors (Lipinski definition) is 2. The van der Waals surface area contributed by atoms with E-state index in [1.54, 1.807) is 0 Å². The fourth-order valence-electron chi connectivity index (χ4n) is 4.15. The average Bonchev–Trinajstić information content (AvgIpc) is 2.98. The molecule has 148 valence electrons. The Bertz CT molecular complexity index is 749. The minimum atomic E-state index is -0.483. The van der Waals surface area contributed by atoms with E-state index in [2.05, 4.69) is 41.2 Å². The van der Waals surface area contributed by atoms with Crippen molar-refractivity contribution in [2.75, 3.05) is 6.54 Å². The molecular formula is C23H35N3O. The van der Waals surface area contributed by atoms with E-state index in [9.17, 15) is 4.79 Å². The molecule has 0 spiro atoms. The summed E-state index contributed by atoms with van der Waals surface area (Å²) >= 11 is 0. The van der Waals surface area contributed by atoms with Crippen LogP contribution in [-0.4, -0.2) is 23.1 Å². The predicted octanol–water partition coefficient (Wildman–Crippen LogP) is 4.46. The van der Waals surface area contributed by atoms with Gasteiger partial charge in [0.05, 0.1) is 6.04 Å². The van der Waals surface area contributed by atoms with Crippen LogP contribution in [0.1, 0.15) is 68.9 Å². The largest absolute Gasteiger partial charge is 0.355 e. The molecule has 3 rings (SSSR count). The molecule has 0 aliphatic carbocycles. The second-order valence-electron chi connectivity index (χ2n) is 8.15. The lowest BCUT2D eigenvalue weighted by molar-refractivity contribution is -0.122. The van der Waals surface area contributed by atoms with Crippen LogP contribution in [0.2, 0.25) is 0 Å². The van der Waals surface area contributed by atoms with Crippen molar-refractivity contribution < 1.29 is 4.79 Å². The Kier molecular flexibility index (Phi) is 7.33. The van der Waals surface area contributed by atoms with Crippen LogP contribution >= 0.6 is 0 Å². The molecule has 1 amide bonds. The Morgan fingerprint density at radius 1 is 1.00 bits per heavy atom. The van der Waals surface area contributed by atoms with Crippen LogP contribution in [0.4, 0.5) is 0 Å². The molecule has 1 aromatic heterocycles. The van der Waals surface area contributed by atoms with Gasteiger partial charge < -0.3 is 15.6 Å². The summed E-state index contributed by atoms with van der Waals surface area (Å²) in [7, 11) is 0. The number of carbonyl (C=O) groups is 1. The summed E-state index contributed by atoms with van der Waals surface area (Å²) in [5.41, 5.74) is 9.94. The maximum Gasteiger partial charge on any atom is 0.237 e. The number of nitrogens with one attached hydrogen (secondary N) is 1. The fourth-order valence-corrected chi connectivity index (χ4v) is 4.15. The quantitative estimate of drug-likeness (QED) is 0.720. The third-order valence-electron chi connectivity index (χ3n) is 5.77. The normalized spacial score (nSPS) is 21.4. The summed E-state index contributed by atoms with van der Waals surface area (Å²) in [6.07, 6.45) is 14.2. The number of nitrogens with zero attached hydrogens (tertiary/aromatic N) is 1. The van der Waals surface area contributed by atoms with Crippen molar-refractivity contribution in [2.45, 2.75) is 83.7 Å². The SMILES string of the molecule is Cc1ccc2c(c1)c1cn2CCCCCCCCCCCNC(=O)C(N)C1. The van der Waals surface area contributed by atoms with Crippen molar-refractivity contribution in [3.8, 4) is 0 Å². The van der Waals surface area contributed by atoms with Crippen molar-refractivity contribution in [3.05, 3.63) is 35.5 Å². The molecule has 0 radical (unpaired) electrons. The van der Waals surface area contributed by atoms with Crippen LogP contribution in [0.5, 0.6) is 0 Å². The Balaban J connectivity index is 1.78. The zero-order chi connectivity index (χ0) is 19.1. The maximum atomic E-state index is 12.4. The first-order valence-corrected chi connectivity index (χ1v) is 10.8. The molecule has 4 heteroatoms. The van der Waals surface area contributed by atoms with E-state index in [-0.39, 0.29) is 5.91 Å². The number of aromatic nitrogens is 1. The van der Waals surface area contributed by atoms with Crippen molar-refractivity contribution in [2.24, 2.45) is 5.73 Å². The van der Waals surface area contributed by atoms with Gasteiger partial charge in [0, 0.05) is 30.2 Å². The van der Waals surface area contributed by atoms with E-state index in [0.717, 1.165) is 19.5 Å². The molecule has 0 saturated carbocycles. The molecule has 1 unspecified atom stereocenters. The standard InChI is InChI=1S/C23H35N3O/c1-18-11-12-22-20(15-18)19-16-21(24)23(27)25-13-9-7-5-3-2-4-6-8-10-14-26(22)17-19/h11-12,15,17,21H,2-10,13-14,16,24H2,1H3,(H,25,27). The fraction of sp³-hybridized carbons (Fsp3) is 0.609. The van der Waals surface area contributed by atoms with Gasteiger partial charge in [-0.25, -0.2) is 0 Å². The molecule has 2 heterocycles. The van der Waals surface area contributed by atoms with Gasteiger partial charge in [0.15, 0.2) is 0 Å². The van der Waals surface area contributed by atoms with Gasteiger partial charge >= 0.3 is 0 Å². The van der Waals surface area contributed by atoms with Crippen LogP contribution in [-0.2, 0) is 17.8 Å². The van der Waals surface area contributed by atoms with Crippen molar-refractivity contribution in [1.82, 2.24) is 9.88 Å². The van der Waals surface area contributed by atoms with Crippen LogP contribution < -0.4 is 11.1 Å². The van der Waals surface area contributed by atoms with E-state index >= 15 is 0 Å². The maximum absolute atomic E-state index is 12.4. The smallest absolute Gasteiger partial charge is 0.237 e. The summed E-state index contributed by atoms with van der Waals surface area (Å²) in [5, 5.41) is 4.27. The van der Waals surface area contributed by atoms with Crippen molar-refractivity contribution in [3.63, 3.8) is 0 Å². The Hall–Kier alpha value is -1.81. The second-order valence-corrected chi connectivity index (χ2v) is 8.15.